The molecular weight excluding hydrogens is 347 g/mol. The van der Waals surface area contributed by atoms with Crippen molar-refractivity contribution < 1.29 is 23.9 Å². The molecule has 2 atom stereocenters. The summed E-state index contributed by atoms with van der Waals surface area (Å²) < 4.78 is 9.05. The molecule has 0 unspecified atom stereocenters. The van der Waals surface area contributed by atoms with Crippen LogP contribution in [0.3, 0.4) is 0 Å². The van der Waals surface area contributed by atoms with E-state index in [4.69, 9.17) is 32.7 Å². The monoisotopic (exact) mass is 364 g/mol. The van der Waals surface area contributed by atoms with E-state index in [-0.39, 0.29) is 24.5 Å². The van der Waals surface area contributed by atoms with Gasteiger partial charge in [-0.1, -0.05) is 6.92 Å². The molecule has 9 heteroatoms. The van der Waals surface area contributed by atoms with Gasteiger partial charge in [0, 0.05) is 0 Å². The maximum Gasteiger partial charge on any atom is 0.338 e. The molecule has 1 saturated carbocycles. The second-order valence-corrected chi connectivity index (χ2v) is 6.84. The van der Waals surface area contributed by atoms with Crippen LogP contribution in [0.15, 0.2) is 11.3 Å². The van der Waals surface area contributed by atoms with Crippen molar-refractivity contribution in [2.24, 2.45) is 5.92 Å². The van der Waals surface area contributed by atoms with Gasteiger partial charge in [0.25, 0.3) is 0 Å². The molecule has 7 nitrogen and oxygen atoms in total. The van der Waals surface area contributed by atoms with Gasteiger partial charge in [-0.15, -0.1) is 23.2 Å². The molecule has 1 aliphatic carbocycles. The summed E-state index contributed by atoms with van der Waals surface area (Å²) in [6.45, 7) is 3.44. The van der Waals surface area contributed by atoms with Crippen molar-refractivity contribution in [2.75, 3.05) is 13.2 Å². The first kappa shape index (κ1) is 17.9. The van der Waals surface area contributed by atoms with Crippen LogP contribution in [0.2, 0.25) is 0 Å². The zero-order valence-corrected chi connectivity index (χ0v) is 14.3. The van der Waals surface area contributed by atoms with Crippen LogP contribution in [0.25, 0.3) is 0 Å². The van der Waals surface area contributed by atoms with Crippen molar-refractivity contribution in [3.8, 4) is 0 Å². The predicted octanol–water partition coefficient (Wildman–Crippen LogP) is 1.63. The van der Waals surface area contributed by atoms with Gasteiger partial charge in [-0.2, -0.15) is 0 Å². The second kappa shape index (κ2) is 6.97. The van der Waals surface area contributed by atoms with Gasteiger partial charge in [-0.05, 0) is 19.8 Å². The van der Waals surface area contributed by atoms with Crippen LogP contribution < -0.4 is 10.6 Å². The lowest BCUT2D eigenvalue weighted by Crippen LogP contribution is -2.51. The lowest BCUT2D eigenvalue weighted by molar-refractivity contribution is -0.145. The summed E-state index contributed by atoms with van der Waals surface area (Å²) in [4.78, 5) is 35.6. The molecule has 0 aromatic rings. The average Bonchev–Trinajstić information content (AvgIpc) is 3.13. The van der Waals surface area contributed by atoms with E-state index in [1.165, 1.54) is 0 Å². The quantitative estimate of drug-likeness (QED) is 0.551. The molecule has 2 rings (SSSR count). The molecule has 0 spiro atoms. The van der Waals surface area contributed by atoms with E-state index in [9.17, 15) is 14.4 Å². The van der Waals surface area contributed by atoms with E-state index in [1.54, 1.807) is 6.92 Å². The normalized spacial score (nSPS) is 25.3. The van der Waals surface area contributed by atoms with E-state index in [1.807, 2.05) is 6.92 Å². The van der Waals surface area contributed by atoms with E-state index in [0.717, 1.165) is 0 Å². The van der Waals surface area contributed by atoms with E-state index >= 15 is 0 Å². The summed E-state index contributed by atoms with van der Waals surface area (Å²) in [6, 6.07) is -0.969. The van der Waals surface area contributed by atoms with Gasteiger partial charge < -0.3 is 20.1 Å². The lowest BCUT2D eigenvalue weighted by Gasteiger charge is -2.28. The van der Waals surface area contributed by atoms with Gasteiger partial charge in [0.15, 0.2) is 0 Å². The van der Waals surface area contributed by atoms with Crippen LogP contribution in [0.5, 0.6) is 0 Å². The van der Waals surface area contributed by atoms with Crippen molar-refractivity contribution in [1.29, 1.82) is 0 Å². The van der Waals surface area contributed by atoms with Crippen molar-refractivity contribution in [3.05, 3.63) is 11.3 Å². The Morgan fingerprint density at radius 1 is 1.30 bits per heavy atom. The zero-order chi connectivity index (χ0) is 17.2. The number of halogens is 2. The highest BCUT2D eigenvalue weighted by Crippen LogP contribution is 2.53. The summed E-state index contributed by atoms with van der Waals surface area (Å²) in [5.74, 6) is -1.71. The summed E-state index contributed by atoms with van der Waals surface area (Å²) >= 11 is 11.6. The van der Waals surface area contributed by atoms with E-state index in [0.29, 0.717) is 12.8 Å². The second-order valence-electron chi connectivity index (χ2n) is 5.30. The van der Waals surface area contributed by atoms with Gasteiger partial charge in [0.05, 0.1) is 29.8 Å². The van der Waals surface area contributed by atoms with Gasteiger partial charge >= 0.3 is 18.0 Å². The summed E-state index contributed by atoms with van der Waals surface area (Å²) in [6.07, 6.45) is 0.818. The van der Waals surface area contributed by atoms with Crippen LogP contribution in [0, 0.1) is 5.92 Å². The molecule has 2 N–H and O–H groups in total. The van der Waals surface area contributed by atoms with E-state index < -0.39 is 34.3 Å². The minimum atomic E-state index is -1.08. The number of ether oxygens (including phenoxy) is 2. The Labute approximate surface area is 143 Å². The average molecular weight is 365 g/mol. The largest absolute Gasteiger partial charge is 0.463 e. The summed E-state index contributed by atoms with van der Waals surface area (Å²) in [7, 11) is 0. The number of carbonyl (C=O) groups excluding carboxylic acids is 3. The van der Waals surface area contributed by atoms with Gasteiger partial charge in [0.1, 0.15) is 10.9 Å². The fourth-order valence-corrected chi connectivity index (χ4v) is 2.78. The minimum Gasteiger partial charge on any atom is -0.463 e. The van der Waals surface area contributed by atoms with Gasteiger partial charge in [-0.3, -0.25) is 4.79 Å². The van der Waals surface area contributed by atoms with E-state index in [2.05, 4.69) is 10.6 Å². The number of nitrogens with one attached hydrogen (secondary N) is 2. The third-order valence-corrected chi connectivity index (χ3v) is 4.45. The first-order chi connectivity index (χ1) is 10.8. The molecule has 1 aliphatic heterocycles. The highest BCUT2D eigenvalue weighted by Gasteiger charge is 2.57. The zero-order valence-electron chi connectivity index (χ0n) is 12.8. The molecule has 0 radical (unpaired) electrons. The van der Waals surface area contributed by atoms with Crippen LogP contribution >= 0.6 is 23.2 Å². The number of hydrogen-bond donors (Lipinski definition) is 2. The summed E-state index contributed by atoms with van der Waals surface area (Å²) in [5, 5.41) is 5.12. The molecule has 2 amide bonds. The molecule has 0 bridgehead atoms. The molecule has 1 fully saturated rings. The van der Waals surface area contributed by atoms with Crippen LogP contribution in [-0.2, 0) is 19.1 Å². The number of rotatable bonds is 6. The number of hydrogen-bond acceptors (Lipinski definition) is 5. The van der Waals surface area contributed by atoms with Crippen LogP contribution in [0.4, 0.5) is 4.79 Å². The maximum atomic E-state index is 12.1. The predicted molar refractivity (Wildman–Crippen MR) is 82.9 cm³/mol. The Hall–Kier alpha value is -1.47. The number of alkyl halides is 2. The molecule has 0 aromatic carbocycles. The highest BCUT2D eigenvalue weighted by molar-refractivity contribution is 6.52. The topological polar surface area (TPSA) is 93.7 Å². The molecule has 23 heavy (non-hydrogen) atoms. The highest BCUT2D eigenvalue weighted by atomic mass is 35.5. The fourth-order valence-electron chi connectivity index (χ4n) is 2.29. The van der Waals surface area contributed by atoms with Crippen molar-refractivity contribution >= 4 is 41.2 Å². The first-order valence-electron chi connectivity index (χ1n) is 7.32. The standard InChI is InChI=1S/C14H18Cl2N2O5/c1-3-8-10(12(20)22-4-2)9(18-13(21)17-8)6-23-11(19)7-5-14(7,15)16/h7-8H,3-6H2,1-2H3,(H2,17,18,21)/t7-,8+/m1/s1. The fraction of sp³-hybridized carbons (Fsp3) is 0.643. The van der Waals surface area contributed by atoms with Crippen molar-refractivity contribution in [3.63, 3.8) is 0 Å². The third-order valence-electron chi connectivity index (χ3n) is 3.62. The Bertz CT molecular complexity index is 561. The number of amides is 2. The minimum absolute atomic E-state index is 0.197. The Morgan fingerprint density at radius 3 is 2.48 bits per heavy atom. The maximum absolute atomic E-state index is 12.1. The first-order valence-corrected chi connectivity index (χ1v) is 8.07. The Morgan fingerprint density at radius 2 is 1.96 bits per heavy atom. The number of carbonyl (C=O) groups is 3. The number of urea groups is 1. The van der Waals surface area contributed by atoms with Crippen LogP contribution in [-0.4, -0.2) is 41.6 Å². The lowest BCUT2D eigenvalue weighted by atomic mass is 10.0. The van der Waals surface area contributed by atoms with Crippen molar-refractivity contribution in [1.82, 2.24) is 10.6 Å². The third kappa shape index (κ3) is 4.09. The van der Waals surface area contributed by atoms with Gasteiger partial charge in [-0.25, -0.2) is 9.59 Å². The van der Waals surface area contributed by atoms with Crippen molar-refractivity contribution in [2.45, 2.75) is 37.1 Å². The van der Waals surface area contributed by atoms with Gasteiger partial charge in [0.2, 0.25) is 0 Å². The molecule has 1 heterocycles. The SMILES string of the molecule is CCOC(=O)C1=C(COC(=O)[C@H]2CC2(Cl)Cl)NC(=O)N[C@H]1CC. The van der Waals surface area contributed by atoms with Crippen LogP contribution in [0.1, 0.15) is 26.7 Å². The molecule has 0 aromatic heterocycles. The Balaban J connectivity index is 2.13. The molecule has 0 saturated heterocycles. The smallest absolute Gasteiger partial charge is 0.338 e. The molecule has 2 aliphatic rings. The Kier molecular flexibility index (Phi) is 5.41. The summed E-state index contributed by atoms with van der Waals surface area (Å²) in [5.41, 5.74) is 0.461. The molecule has 128 valence electrons. The number of esters is 2. The molecular formula is C14H18Cl2N2O5.